The zero-order valence-corrected chi connectivity index (χ0v) is 16.6. The van der Waals surface area contributed by atoms with Gasteiger partial charge >= 0.3 is 0 Å². The Labute approximate surface area is 168 Å². The highest BCUT2D eigenvalue weighted by Gasteiger charge is 2.21. The second-order valence-corrected chi connectivity index (χ2v) is 7.43. The Hall–Kier alpha value is -3.42. The molecule has 29 heavy (non-hydrogen) atoms. The minimum atomic E-state index is 0.0686. The van der Waals surface area contributed by atoms with E-state index in [0.717, 1.165) is 54.1 Å². The quantitative estimate of drug-likeness (QED) is 0.531. The van der Waals surface area contributed by atoms with Crippen LogP contribution in [-0.2, 0) is 0 Å². The van der Waals surface area contributed by atoms with E-state index in [-0.39, 0.29) is 6.10 Å². The number of aromatic nitrogens is 5. The monoisotopic (exact) mass is 389 g/mol. The molecule has 1 aliphatic heterocycles. The average Bonchev–Trinajstić information content (AvgIpc) is 3.22. The van der Waals surface area contributed by atoms with E-state index in [4.69, 9.17) is 4.74 Å². The fraction of sp³-hybridized carbons (Fsp3) is 0.333. The highest BCUT2D eigenvalue weighted by molar-refractivity contribution is 5.86. The Morgan fingerprint density at radius 1 is 0.931 bits per heavy atom. The van der Waals surface area contributed by atoms with Crippen LogP contribution in [0.25, 0.3) is 16.4 Å². The summed E-state index contributed by atoms with van der Waals surface area (Å²) in [6, 6.07) is 8.31. The van der Waals surface area contributed by atoms with Gasteiger partial charge < -0.3 is 14.5 Å². The number of nitrogens with zero attached hydrogens (tertiary/aromatic N) is 7. The first-order valence-corrected chi connectivity index (χ1v) is 9.89. The van der Waals surface area contributed by atoms with Crippen LogP contribution >= 0.6 is 0 Å². The predicted molar refractivity (Wildman–Crippen MR) is 113 cm³/mol. The molecule has 0 unspecified atom stereocenters. The van der Waals surface area contributed by atoms with Crippen LogP contribution in [0.1, 0.15) is 13.8 Å². The minimum absolute atomic E-state index is 0.0686. The van der Waals surface area contributed by atoms with Crippen LogP contribution in [0.15, 0.2) is 49.2 Å². The molecular weight excluding hydrogens is 366 g/mol. The molecule has 3 aromatic heterocycles. The third-order valence-corrected chi connectivity index (χ3v) is 5.18. The van der Waals surface area contributed by atoms with Crippen molar-refractivity contribution in [1.29, 1.82) is 0 Å². The zero-order chi connectivity index (χ0) is 19.8. The van der Waals surface area contributed by atoms with E-state index >= 15 is 0 Å². The van der Waals surface area contributed by atoms with E-state index in [2.05, 4.69) is 42.0 Å². The second kappa shape index (κ2) is 7.20. The van der Waals surface area contributed by atoms with Crippen molar-refractivity contribution < 1.29 is 4.74 Å². The number of benzene rings is 1. The first kappa shape index (κ1) is 17.7. The lowest BCUT2D eigenvalue weighted by molar-refractivity contribution is 0.235. The summed E-state index contributed by atoms with van der Waals surface area (Å²) in [5, 5.41) is 5.26. The number of anilines is 2. The molecule has 148 valence electrons. The third kappa shape index (κ3) is 3.30. The lowest BCUT2D eigenvalue weighted by Crippen LogP contribution is -2.47. The topological polar surface area (TPSA) is 71.7 Å². The maximum atomic E-state index is 5.88. The molecule has 0 radical (unpaired) electrons. The summed E-state index contributed by atoms with van der Waals surface area (Å²) in [4.78, 5) is 18.0. The molecule has 0 amide bonds. The van der Waals surface area contributed by atoms with Crippen molar-refractivity contribution in [1.82, 2.24) is 24.6 Å². The van der Waals surface area contributed by atoms with E-state index in [0.29, 0.717) is 5.88 Å². The fourth-order valence-electron chi connectivity index (χ4n) is 3.80. The van der Waals surface area contributed by atoms with Gasteiger partial charge in [-0.05, 0) is 38.1 Å². The maximum Gasteiger partial charge on any atom is 0.224 e. The van der Waals surface area contributed by atoms with Gasteiger partial charge in [-0.3, -0.25) is 0 Å². The van der Waals surface area contributed by atoms with Gasteiger partial charge in [0.05, 0.1) is 23.2 Å². The minimum Gasteiger partial charge on any atom is -0.474 e. The van der Waals surface area contributed by atoms with Crippen molar-refractivity contribution in [3.8, 4) is 5.88 Å². The predicted octanol–water partition coefficient (Wildman–Crippen LogP) is 2.79. The molecule has 1 aromatic carbocycles. The molecule has 1 aliphatic rings. The molecular formula is C21H23N7O. The van der Waals surface area contributed by atoms with E-state index in [1.54, 1.807) is 12.5 Å². The molecule has 8 nitrogen and oxygen atoms in total. The highest BCUT2D eigenvalue weighted by Crippen LogP contribution is 2.28. The number of rotatable bonds is 4. The van der Waals surface area contributed by atoms with Gasteiger partial charge in [0.25, 0.3) is 0 Å². The molecule has 0 bridgehead atoms. The first-order chi connectivity index (χ1) is 14.2. The summed E-state index contributed by atoms with van der Waals surface area (Å²) in [6.07, 6.45) is 7.12. The number of piperazine rings is 1. The number of ether oxygens (including phenoxy) is 1. The number of hydrogen-bond acceptors (Lipinski definition) is 7. The molecule has 1 saturated heterocycles. The fourth-order valence-corrected chi connectivity index (χ4v) is 3.80. The first-order valence-electron chi connectivity index (χ1n) is 9.89. The van der Waals surface area contributed by atoms with Crippen molar-refractivity contribution >= 4 is 27.9 Å². The van der Waals surface area contributed by atoms with Crippen LogP contribution in [-0.4, -0.2) is 56.8 Å². The molecule has 0 spiro atoms. The molecule has 1 fully saturated rings. The zero-order valence-electron chi connectivity index (χ0n) is 16.6. The van der Waals surface area contributed by atoms with Gasteiger partial charge in [-0.2, -0.15) is 5.10 Å². The molecule has 4 heterocycles. The highest BCUT2D eigenvalue weighted by atomic mass is 16.5. The standard InChI is InChI=1S/C21H23N7O/c1-15(2)29-21-17-13-16(3-4-18(17)23-14-24-21)26-9-11-27(12-10-26)20-19-5-6-25-28(19)8-7-22-20/h3-8,13-15H,9-12H2,1-2H3. The molecule has 8 heteroatoms. The molecule has 0 saturated carbocycles. The van der Waals surface area contributed by atoms with E-state index in [1.165, 1.54) is 0 Å². The summed E-state index contributed by atoms with van der Waals surface area (Å²) in [5.41, 5.74) is 3.10. The lowest BCUT2D eigenvalue weighted by atomic mass is 10.2. The van der Waals surface area contributed by atoms with Crippen LogP contribution < -0.4 is 14.5 Å². The molecule has 4 aromatic rings. The Bertz CT molecular complexity index is 1150. The molecule has 0 aliphatic carbocycles. The van der Waals surface area contributed by atoms with Crippen molar-refractivity contribution in [3.63, 3.8) is 0 Å². The van der Waals surface area contributed by atoms with Crippen LogP contribution in [0.5, 0.6) is 5.88 Å². The summed E-state index contributed by atoms with van der Waals surface area (Å²) < 4.78 is 7.75. The van der Waals surface area contributed by atoms with Gasteiger partial charge in [-0.25, -0.2) is 19.5 Å². The Balaban J connectivity index is 1.38. The van der Waals surface area contributed by atoms with Crippen molar-refractivity contribution in [2.24, 2.45) is 0 Å². The van der Waals surface area contributed by atoms with E-state index in [1.807, 2.05) is 42.9 Å². The van der Waals surface area contributed by atoms with Crippen LogP contribution in [0.3, 0.4) is 0 Å². The van der Waals surface area contributed by atoms with E-state index < -0.39 is 0 Å². The van der Waals surface area contributed by atoms with E-state index in [9.17, 15) is 0 Å². The van der Waals surface area contributed by atoms with Gasteiger partial charge in [0, 0.05) is 44.3 Å². The smallest absolute Gasteiger partial charge is 0.224 e. The van der Waals surface area contributed by atoms with Gasteiger partial charge in [-0.15, -0.1) is 0 Å². The Morgan fingerprint density at radius 3 is 2.59 bits per heavy atom. The third-order valence-electron chi connectivity index (χ3n) is 5.18. The van der Waals surface area contributed by atoms with Crippen molar-refractivity contribution in [2.45, 2.75) is 20.0 Å². The summed E-state index contributed by atoms with van der Waals surface area (Å²) >= 11 is 0. The van der Waals surface area contributed by atoms with Gasteiger partial charge in [0.2, 0.25) is 5.88 Å². The summed E-state index contributed by atoms with van der Waals surface area (Å²) in [7, 11) is 0. The largest absolute Gasteiger partial charge is 0.474 e. The van der Waals surface area contributed by atoms with Crippen molar-refractivity contribution in [3.05, 3.63) is 49.2 Å². The SMILES string of the molecule is CC(C)Oc1ncnc2ccc(N3CCN(c4nccn5nccc45)CC3)cc12. The van der Waals surface area contributed by atoms with Crippen LogP contribution in [0.2, 0.25) is 0 Å². The van der Waals surface area contributed by atoms with Crippen LogP contribution in [0.4, 0.5) is 11.5 Å². The normalized spacial score (nSPS) is 14.9. The molecule has 5 rings (SSSR count). The van der Waals surface area contributed by atoms with Gasteiger partial charge in [0.15, 0.2) is 5.82 Å². The van der Waals surface area contributed by atoms with Gasteiger partial charge in [0.1, 0.15) is 11.8 Å². The van der Waals surface area contributed by atoms with Crippen LogP contribution in [0, 0.1) is 0 Å². The number of fused-ring (bicyclic) bond motifs is 2. The lowest BCUT2D eigenvalue weighted by Gasteiger charge is -2.37. The molecule has 0 N–H and O–H groups in total. The Morgan fingerprint density at radius 2 is 1.76 bits per heavy atom. The average molecular weight is 389 g/mol. The Kier molecular flexibility index (Phi) is 4.38. The second-order valence-electron chi connectivity index (χ2n) is 7.43. The maximum absolute atomic E-state index is 5.88. The molecule has 0 atom stereocenters. The van der Waals surface area contributed by atoms with Gasteiger partial charge in [-0.1, -0.05) is 0 Å². The summed E-state index contributed by atoms with van der Waals surface area (Å²) in [6.45, 7) is 7.64. The summed E-state index contributed by atoms with van der Waals surface area (Å²) in [5.74, 6) is 1.63. The number of hydrogen-bond donors (Lipinski definition) is 0. The van der Waals surface area contributed by atoms with Crippen molar-refractivity contribution in [2.75, 3.05) is 36.0 Å².